The van der Waals surface area contributed by atoms with E-state index in [2.05, 4.69) is 96.1 Å². The molecule has 7 nitrogen and oxygen atoms in total. The van der Waals surface area contributed by atoms with Crippen LogP contribution in [0.2, 0.25) is 0 Å². The third kappa shape index (κ3) is 4.24. The number of hydrogen-bond acceptors (Lipinski definition) is 5. The van der Waals surface area contributed by atoms with E-state index in [0.29, 0.717) is 6.04 Å². The van der Waals surface area contributed by atoms with Gasteiger partial charge in [-0.1, -0.05) is 51.1 Å². The van der Waals surface area contributed by atoms with Crippen molar-refractivity contribution >= 4 is 22.5 Å². The van der Waals surface area contributed by atoms with Crippen LogP contribution in [-0.4, -0.2) is 54.9 Å². The minimum Gasteiger partial charge on any atom is -0.367 e. The van der Waals surface area contributed by atoms with Gasteiger partial charge >= 0.3 is 0 Å². The summed E-state index contributed by atoms with van der Waals surface area (Å²) in [4.78, 5) is 22.6. The fraction of sp³-hybridized carbons (Fsp3) is 0.345. The van der Waals surface area contributed by atoms with Crippen LogP contribution < -0.4 is 4.90 Å². The number of aromatic amines is 1. The lowest BCUT2D eigenvalue weighted by Crippen LogP contribution is -2.51. The third-order valence-corrected chi connectivity index (χ3v) is 7.28. The molecule has 0 spiro atoms. The highest BCUT2D eigenvalue weighted by molar-refractivity contribution is 5.91. The number of nitrogens with one attached hydrogen (secondary N) is 1. The molecular weight excluding hydrogens is 446 g/mol. The average molecular weight is 480 g/mol. The largest absolute Gasteiger partial charge is 0.367 e. The number of nitrogens with zero attached hydrogens (tertiary/aromatic N) is 6. The van der Waals surface area contributed by atoms with E-state index in [4.69, 9.17) is 9.97 Å². The van der Waals surface area contributed by atoms with Crippen molar-refractivity contribution < 1.29 is 0 Å². The highest BCUT2D eigenvalue weighted by Crippen LogP contribution is 2.31. The van der Waals surface area contributed by atoms with Gasteiger partial charge in [0.05, 0.1) is 22.4 Å². The van der Waals surface area contributed by atoms with Gasteiger partial charge in [-0.3, -0.25) is 9.30 Å². The lowest BCUT2D eigenvalue weighted by molar-refractivity contribution is 0.179. The van der Waals surface area contributed by atoms with Gasteiger partial charge in [-0.2, -0.15) is 0 Å². The smallest absolute Gasteiger partial charge is 0.233 e. The summed E-state index contributed by atoms with van der Waals surface area (Å²) in [5, 5.41) is 0. The summed E-state index contributed by atoms with van der Waals surface area (Å²) < 4.78 is 1.99. The van der Waals surface area contributed by atoms with Crippen LogP contribution in [0.25, 0.3) is 28.2 Å². The van der Waals surface area contributed by atoms with Crippen LogP contribution in [0.4, 0.5) is 5.69 Å². The molecule has 0 saturated carbocycles. The lowest BCUT2D eigenvalue weighted by atomic mass is 9.87. The molecule has 1 aliphatic rings. The zero-order chi connectivity index (χ0) is 24.9. The number of rotatable bonds is 4. The van der Waals surface area contributed by atoms with Crippen LogP contribution in [0, 0.1) is 0 Å². The molecule has 0 radical (unpaired) electrons. The van der Waals surface area contributed by atoms with Crippen LogP contribution >= 0.6 is 0 Å². The molecule has 36 heavy (non-hydrogen) atoms. The second kappa shape index (κ2) is 8.75. The maximum atomic E-state index is 4.93. The van der Waals surface area contributed by atoms with Gasteiger partial charge in [-0.25, -0.2) is 15.0 Å². The molecule has 4 heterocycles. The first-order valence-corrected chi connectivity index (χ1v) is 12.7. The summed E-state index contributed by atoms with van der Waals surface area (Å²) in [5.74, 6) is 1.68. The van der Waals surface area contributed by atoms with Crippen molar-refractivity contribution in [2.24, 2.45) is 0 Å². The normalized spacial score (nSPS) is 17.3. The summed E-state index contributed by atoms with van der Waals surface area (Å²) >= 11 is 0. The van der Waals surface area contributed by atoms with Crippen LogP contribution in [-0.2, 0) is 12.0 Å². The zero-order valence-corrected chi connectivity index (χ0v) is 21.4. The standard InChI is InChI=1S/C29H33N7/c1-20-17-35(16-15-34(20)18-23-19-36-14-6-13-30-28(36)31-23)25-8-5-7-24-26(25)33-27(32-24)21-9-11-22(12-10-21)29(2,3)4/h5-14,19-20H,15-18H2,1-4H3,(H,32,33)/t20-/m0/s1. The van der Waals surface area contributed by atoms with Crippen molar-refractivity contribution in [3.63, 3.8) is 0 Å². The monoisotopic (exact) mass is 479 g/mol. The molecule has 3 aromatic heterocycles. The number of para-hydroxylation sites is 1. The van der Waals surface area contributed by atoms with E-state index >= 15 is 0 Å². The summed E-state index contributed by atoms with van der Waals surface area (Å²) in [6.07, 6.45) is 5.87. The number of H-pyrrole nitrogens is 1. The second-order valence-corrected chi connectivity index (χ2v) is 10.9. The van der Waals surface area contributed by atoms with E-state index in [0.717, 1.165) is 60.1 Å². The van der Waals surface area contributed by atoms with E-state index in [-0.39, 0.29) is 5.41 Å². The minimum atomic E-state index is 0.139. The van der Waals surface area contributed by atoms with E-state index in [9.17, 15) is 0 Å². The number of piperazine rings is 1. The van der Waals surface area contributed by atoms with Gasteiger partial charge in [-0.15, -0.1) is 0 Å². The lowest BCUT2D eigenvalue weighted by Gasteiger charge is -2.40. The van der Waals surface area contributed by atoms with E-state index in [1.165, 1.54) is 11.3 Å². The van der Waals surface area contributed by atoms with Crippen molar-refractivity contribution in [3.05, 3.63) is 78.4 Å². The predicted molar refractivity (Wildman–Crippen MR) is 145 cm³/mol. The van der Waals surface area contributed by atoms with Crippen molar-refractivity contribution in [3.8, 4) is 11.4 Å². The SMILES string of the molecule is C[C@H]1CN(c2cccc3nc(-c4ccc(C(C)(C)C)cc4)[nH]c23)CCN1Cc1cn2cccnc2n1. The first kappa shape index (κ1) is 22.7. The highest BCUT2D eigenvalue weighted by atomic mass is 15.3. The molecule has 5 aromatic rings. The van der Waals surface area contributed by atoms with E-state index < -0.39 is 0 Å². The van der Waals surface area contributed by atoms with Crippen LogP contribution in [0.3, 0.4) is 0 Å². The molecule has 184 valence electrons. The minimum absolute atomic E-state index is 0.139. The highest BCUT2D eigenvalue weighted by Gasteiger charge is 2.26. The number of imidazole rings is 2. The van der Waals surface area contributed by atoms with Crippen LogP contribution in [0.5, 0.6) is 0 Å². The number of aromatic nitrogens is 5. The van der Waals surface area contributed by atoms with Gasteiger partial charge in [-0.05, 0) is 36.1 Å². The molecule has 1 fully saturated rings. The van der Waals surface area contributed by atoms with Gasteiger partial charge < -0.3 is 9.88 Å². The Bertz CT molecular complexity index is 1470. The maximum Gasteiger partial charge on any atom is 0.233 e. The topological polar surface area (TPSA) is 65.4 Å². The summed E-state index contributed by atoms with van der Waals surface area (Å²) in [7, 11) is 0. The van der Waals surface area contributed by atoms with Crippen molar-refractivity contribution in [2.45, 2.75) is 45.7 Å². The van der Waals surface area contributed by atoms with Crippen molar-refractivity contribution in [1.82, 2.24) is 29.2 Å². The van der Waals surface area contributed by atoms with Gasteiger partial charge in [0, 0.05) is 56.4 Å². The molecule has 0 bridgehead atoms. The molecular formula is C29H33N7. The zero-order valence-electron chi connectivity index (χ0n) is 21.4. The molecule has 7 heteroatoms. The molecule has 6 rings (SSSR count). The van der Waals surface area contributed by atoms with E-state index in [1.807, 2.05) is 16.7 Å². The average Bonchev–Trinajstić information content (AvgIpc) is 3.48. The van der Waals surface area contributed by atoms with Gasteiger partial charge in [0.15, 0.2) is 0 Å². The van der Waals surface area contributed by atoms with Gasteiger partial charge in [0.2, 0.25) is 5.78 Å². The summed E-state index contributed by atoms with van der Waals surface area (Å²) in [6, 6.07) is 17.5. The first-order valence-electron chi connectivity index (χ1n) is 12.7. The summed E-state index contributed by atoms with van der Waals surface area (Å²) in [5.41, 5.74) is 6.99. The number of fused-ring (bicyclic) bond motifs is 2. The predicted octanol–water partition coefficient (Wildman–Crippen LogP) is 5.28. The molecule has 1 N–H and O–H groups in total. The molecule has 1 atom stereocenters. The first-order chi connectivity index (χ1) is 17.3. The Morgan fingerprint density at radius 2 is 1.83 bits per heavy atom. The van der Waals surface area contributed by atoms with Gasteiger partial charge in [0.1, 0.15) is 5.82 Å². The summed E-state index contributed by atoms with van der Waals surface area (Å²) in [6.45, 7) is 12.8. The van der Waals surface area contributed by atoms with E-state index in [1.54, 1.807) is 6.20 Å². The Balaban J connectivity index is 1.21. The molecule has 1 aliphatic heterocycles. The van der Waals surface area contributed by atoms with Gasteiger partial charge in [0.25, 0.3) is 0 Å². The molecule has 0 amide bonds. The second-order valence-electron chi connectivity index (χ2n) is 10.9. The Labute approximate surface area is 211 Å². The van der Waals surface area contributed by atoms with Crippen LogP contribution in [0.15, 0.2) is 67.1 Å². The molecule has 0 aliphatic carbocycles. The maximum absolute atomic E-state index is 4.93. The Hall–Kier alpha value is -3.71. The molecule has 0 unspecified atom stereocenters. The molecule has 2 aromatic carbocycles. The quantitative estimate of drug-likeness (QED) is 0.380. The van der Waals surface area contributed by atoms with Crippen LogP contribution in [0.1, 0.15) is 39.0 Å². The number of hydrogen-bond donors (Lipinski definition) is 1. The number of anilines is 1. The fourth-order valence-electron chi connectivity index (χ4n) is 5.16. The van der Waals surface area contributed by atoms with Crippen molar-refractivity contribution in [2.75, 3.05) is 24.5 Å². The Kier molecular flexibility index (Phi) is 5.52. The fourth-order valence-corrected chi connectivity index (χ4v) is 5.16. The Morgan fingerprint density at radius 3 is 2.58 bits per heavy atom. The Morgan fingerprint density at radius 1 is 1.00 bits per heavy atom. The van der Waals surface area contributed by atoms with Crippen molar-refractivity contribution in [1.29, 1.82) is 0 Å². The number of benzene rings is 2. The third-order valence-electron chi connectivity index (χ3n) is 7.28. The molecule has 1 saturated heterocycles.